The summed E-state index contributed by atoms with van der Waals surface area (Å²) in [5.41, 5.74) is 2.26. The number of para-hydroxylation sites is 1. The van der Waals surface area contributed by atoms with Crippen molar-refractivity contribution in [3.8, 4) is 0 Å². The summed E-state index contributed by atoms with van der Waals surface area (Å²) in [4.78, 5) is 28.9. The van der Waals surface area contributed by atoms with Crippen LogP contribution in [0.5, 0.6) is 0 Å². The lowest BCUT2D eigenvalue weighted by Gasteiger charge is -2.30. The van der Waals surface area contributed by atoms with Gasteiger partial charge in [0.2, 0.25) is 5.91 Å². The molecule has 1 atom stereocenters. The normalized spacial score (nSPS) is 19.9. The summed E-state index contributed by atoms with van der Waals surface area (Å²) >= 11 is 0. The minimum Gasteiger partial charge on any atom is -0.480 e. The molecule has 1 saturated carbocycles. The van der Waals surface area contributed by atoms with E-state index >= 15 is 0 Å². The molecule has 30 heavy (non-hydrogen) atoms. The molecule has 3 aromatic rings. The lowest BCUT2D eigenvalue weighted by molar-refractivity contribution is -0.140. The fraction of sp³-hybridized carbons (Fsp3) is 0.292. The second-order valence-electron chi connectivity index (χ2n) is 7.77. The zero-order valence-electron chi connectivity index (χ0n) is 16.6. The molecule has 1 aromatic heterocycles. The average Bonchev–Trinajstić information content (AvgIpc) is 2.78. The van der Waals surface area contributed by atoms with Crippen LogP contribution in [-0.2, 0) is 9.59 Å². The number of nitrogens with zero attached hydrogens (tertiary/aromatic N) is 1. The number of hydrogen-bond acceptors (Lipinski definition) is 4. The van der Waals surface area contributed by atoms with Gasteiger partial charge in [-0.25, -0.2) is 0 Å². The number of carboxylic acids is 1. The summed E-state index contributed by atoms with van der Waals surface area (Å²) in [5.74, 6) is -0.962. The molecule has 4 rings (SSSR count). The summed E-state index contributed by atoms with van der Waals surface area (Å²) in [7, 11) is 0. The van der Waals surface area contributed by atoms with Crippen LogP contribution in [-0.4, -0.2) is 28.0 Å². The first-order valence-corrected chi connectivity index (χ1v) is 10.3. The third kappa shape index (κ3) is 4.49. The Kier molecular flexibility index (Phi) is 6.05. The third-order valence-electron chi connectivity index (χ3n) is 5.77. The SMILES string of the molecule is O=C(Nc1cccc2cccnc12)C1CCC(NC(C(=O)O)c2ccccc2)CC1. The fourth-order valence-electron chi connectivity index (χ4n) is 4.15. The molecule has 3 N–H and O–H groups in total. The molecule has 0 spiro atoms. The molecule has 1 aliphatic rings. The first kappa shape index (κ1) is 20.0. The second kappa shape index (κ2) is 9.05. The van der Waals surface area contributed by atoms with Gasteiger partial charge in [0.15, 0.2) is 0 Å². The smallest absolute Gasteiger partial charge is 0.325 e. The van der Waals surface area contributed by atoms with Crippen LogP contribution in [0.1, 0.15) is 37.3 Å². The van der Waals surface area contributed by atoms with Crippen molar-refractivity contribution in [2.24, 2.45) is 5.92 Å². The van der Waals surface area contributed by atoms with Crippen molar-refractivity contribution in [1.82, 2.24) is 10.3 Å². The van der Waals surface area contributed by atoms with Crippen LogP contribution in [0.4, 0.5) is 5.69 Å². The van der Waals surface area contributed by atoms with E-state index in [2.05, 4.69) is 15.6 Å². The van der Waals surface area contributed by atoms with Gasteiger partial charge < -0.3 is 10.4 Å². The van der Waals surface area contributed by atoms with Crippen LogP contribution < -0.4 is 10.6 Å². The summed E-state index contributed by atoms with van der Waals surface area (Å²) in [5, 5.41) is 16.9. The Hall–Kier alpha value is -3.25. The first-order valence-electron chi connectivity index (χ1n) is 10.3. The highest BCUT2D eigenvalue weighted by Gasteiger charge is 2.30. The molecule has 2 aromatic carbocycles. The molecule has 0 aliphatic heterocycles. The average molecular weight is 403 g/mol. The molecule has 1 unspecified atom stereocenters. The Bertz CT molecular complexity index is 1020. The number of fused-ring (bicyclic) bond motifs is 1. The summed E-state index contributed by atoms with van der Waals surface area (Å²) < 4.78 is 0. The summed E-state index contributed by atoms with van der Waals surface area (Å²) in [6.45, 7) is 0. The zero-order chi connectivity index (χ0) is 20.9. The number of hydrogen-bond donors (Lipinski definition) is 3. The molecular weight excluding hydrogens is 378 g/mol. The zero-order valence-corrected chi connectivity index (χ0v) is 16.6. The van der Waals surface area contributed by atoms with Crippen molar-refractivity contribution in [3.63, 3.8) is 0 Å². The number of aromatic nitrogens is 1. The van der Waals surface area contributed by atoms with Gasteiger partial charge in [0.1, 0.15) is 6.04 Å². The van der Waals surface area contributed by atoms with E-state index in [1.807, 2.05) is 60.7 Å². The Morgan fingerprint density at radius 2 is 1.67 bits per heavy atom. The topological polar surface area (TPSA) is 91.3 Å². The van der Waals surface area contributed by atoms with Crippen LogP contribution >= 0.6 is 0 Å². The van der Waals surface area contributed by atoms with Gasteiger partial charge in [0.25, 0.3) is 0 Å². The summed E-state index contributed by atoms with van der Waals surface area (Å²) in [6, 6.07) is 18.2. The minimum absolute atomic E-state index is 0.00412. The standard InChI is InChI=1S/C24H25N3O3/c28-23(27-20-10-4-8-16-9-5-15-25-21(16)20)18-11-13-19(14-12-18)26-22(24(29)30)17-6-2-1-3-7-17/h1-10,15,18-19,22,26H,11-14H2,(H,27,28)(H,29,30). The Morgan fingerprint density at radius 3 is 2.40 bits per heavy atom. The largest absolute Gasteiger partial charge is 0.480 e. The highest BCUT2D eigenvalue weighted by Crippen LogP contribution is 2.29. The van der Waals surface area contributed by atoms with E-state index in [0.29, 0.717) is 0 Å². The molecule has 6 nitrogen and oxygen atoms in total. The Morgan fingerprint density at radius 1 is 0.933 bits per heavy atom. The van der Waals surface area contributed by atoms with Gasteiger partial charge in [-0.2, -0.15) is 0 Å². The molecule has 1 fully saturated rings. The quantitative estimate of drug-likeness (QED) is 0.575. The van der Waals surface area contributed by atoms with Crippen LogP contribution in [0, 0.1) is 5.92 Å². The van der Waals surface area contributed by atoms with E-state index in [0.717, 1.165) is 47.8 Å². The number of rotatable bonds is 6. The Labute approximate surface area is 175 Å². The lowest BCUT2D eigenvalue weighted by Crippen LogP contribution is -2.40. The monoisotopic (exact) mass is 403 g/mol. The van der Waals surface area contributed by atoms with E-state index in [4.69, 9.17) is 0 Å². The molecule has 154 valence electrons. The van der Waals surface area contributed by atoms with Gasteiger partial charge in [-0.05, 0) is 43.4 Å². The number of amides is 1. The third-order valence-corrected chi connectivity index (χ3v) is 5.77. The molecule has 0 bridgehead atoms. The van der Waals surface area contributed by atoms with Crippen LogP contribution in [0.25, 0.3) is 10.9 Å². The molecule has 1 aliphatic carbocycles. The maximum absolute atomic E-state index is 12.8. The van der Waals surface area contributed by atoms with Gasteiger partial charge >= 0.3 is 5.97 Å². The van der Waals surface area contributed by atoms with Crippen molar-refractivity contribution < 1.29 is 14.7 Å². The predicted molar refractivity (Wildman–Crippen MR) is 116 cm³/mol. The maximum atomic E-state index is 12.8. The summed E-state index contributed by atoms with van der Waals surface area (Å²) in [6.07, 6.45) is 4.71. The number of anilines is 1. The van der Waals surface area contributed by atoms with E-state index in [9.17, 15) is 14.7 Å². The molecular formula is C24H25N3O3. The van der Waals surface area contributed by atoms with Gasteiger partial charge in [-0.15, -0.1) is 0 Å². The number of carboxylic acid groups (broad SMARTS) is 1. The molecule has 1 heterocycles. The highest BCUT2D eigenvalue weighted by molar-refractivity contribution is 6.01. The van der Waals surface area contributed by atoms with E-state index in [1.54, 1.807) is 6.20 Å². The van der Waals surface area contributed by atoms with E-state index in [1.165, 1.54) is 0 Å². The van der Waals surface area contributed by atoms with Crippen molar-refractivity contribution in [1.29, 1.82) is 0 Å². The van der Waals surface area contributed by atoms with Crippen molar-refractivity contribution >= 4 is 28.5 Å². The fourth-order valence-corrected chi connectivity index (χ4v) is 4.15. The highest BCUT2D eigenvalue weighted by atomic mass is 16.4. The molecule has 6 heteroatoms. The Balaban J connectivity index is 1.36. The van der Waals surface area contributed by atoms with Crippen LogP contribution in [0.15, 0.2) is 66.9 Å². The molecule has 0 radical (unpaired) electrons. The lowest BCUT2D eigenvalue weighted by atomic mass is 9.85. The van der Waals surface area contributed by atoms with E-state index in [-0.39, 0.29) is 17.9 Å². The van der Waals surface area contributed by atoms with Crippen molar-refractivity contribution in [2.45, 2.75) is 37.8 Å². The second-order valence-corrected chi connectivity index (χ2v) is 7.77. The number of carbonyl (C=O) groups is 2. The predicted octanol–water partition coefficient (Wildman–Crippen LogP) is 4.15. The van der Waals surface area contributed by atoms with Crippen molar-refractivity contribution in [2.75, 3.05) is 5.32 Å². The first-order chi connectivity index (χ1) is 14.6. The van der Waals surface area contributed by atoms with E-state index < -0.39 is 12.0 Å². The molecule has 1 amide bonds. The molecule has 0 saturated heterocycles. The number of nitrogens with one attached hydrogen (secondary N) is 2. The van der Waals surface area contributed by atoms with Gasteiger partial charge in [-0.3, -0.25) is 19.9 Å². The van der Waals surface area contributed by atoms with Crippen LogP contribution in [0.3, 0.4) is 0 Å². The van der Waals surface area contributed by atoms with Gasteiger partial charge in [0, 0.05) is 23.5 Å². The number of benzene rings is 2. The number of pyridine rings is 1. The van der Waals surface area contributed by atoms with Gasteiger partial charge in [0.05, 0.1) is 11.2 Å². The van der Waals surface area contributed by atoms with Gasteiger partial charge in [-0.1, -0.05) is 48.5 Å². The number of carbonyl (C=O) groups excluding carboxylic acids is 1. The van der Waals surface area contributed by atoms with Crippen molar-refractivity contribution in [3.05, 3.63) is 72.4 Å². The maximum Gasteiger partial charge on any atom is 0.325 e. The minimum atomic E-state index is -0.885. The van der Waals surface area contributed by atoms with Crippen LogP contribution in [0.2, 0.25) is 0 Å². The number of aliphatic carboxylic acids is 1.